The van der Waals surface area contributed by atoms with E-state index >= 15 is 0 Å². The van der Waals surface area contributed by atoms with Crippen molar-refractivity contribution in [2.75, 3.05) is 30.9 Å². The summed E-state index contributed by atoms with van der Waals surface area (Å²) in [5, 5.41) is 3.49. The number of hydrogen-bond donors (Lipinski definition) is 1. The van der Waals surface area contributed by atoms with E-state index in [1.165, 1.54) is 0 Å². The van der Waals surface area contributed by atoms with E-state index in [0.717, 1.165) is 35.7 Å². The third-order valence-corrected chi connectivity index (χ3v) is 4.70. The van der Waals surface area contributed by atoms with Crippen LogP contribution in [-0.4, -0.2) is 51.0 Å². The third-order valence-electron chi connectivity index (χ3n) is 4.70. The second kappa shape index (κ2) is 7.94. The van der Waals surface area contributed by atoms with Gasteiger partial charge in [0.05, 0.1) is 30.8 Å². The van der Waals surface area contributed by atoms with Crippen LogP contribution < -0.4 is 10.2 Å². The summed E-state index contributed by atoms with van der Waals surface area (Å²) in [7, 11) is 3.85. The van der Waals surface area contributed by atoms with Gasteiger partial charge in [0.25, 0.3) is 0 Å². The molecule has 0 atom stereocenters. The van der Waals surface area contributed by atoms with Crippen LogP contribution in [0.2, 0.25) is 0 Å². The van der Waals surface area contributed by atoms with Crippen molar-refractivity contribution in [2.24, 2.45) is 5.92 Å². The first-order chi connectivity index (χ1) is 12.8. The number of hydrogen-bond acceptors (Lipinski definition) is 6. The van der Waals surface area contributed by atoms with E-state index in [9.17, 15) is 4.79 Å². The topological polar surface area (TPSA) is 79.2 Å². The second-order valence-electron chi connectivity index (χ2n) is 7.67. The van der Waals surface area contributed by atoms with E-state index in [-0.39, 0.29) is 5.91 Å². The van der Waals surface area contributed by atoms with Crippen molar-refractivity contribution in [1.29, 1.82) is 0 Å². The van der Waals surface area contributed by atoms with Crippen LogP contribution in [0.3, 0.4) is 0 Å². The van der Waals surface area contributed by atoms with Crippen LogP contribution in [0.1, 0.15) is 37.7 Å². The van der Waals surface area contributed by atoms with Gasteiger partial charge in [-0.2, -0.15) is 4.98 Å². The average Bonchev–Trinajstić information content (AvgIpc) is 3.04. The first kappa shape index (κ1) is 19.1. The van der Waals surface area contributed by atoms with Crippen molar-refractivity contribution < 1.29 is 4.79 Å². The Kier molecular flexibility index (Phi) is 5.62. The summed E-state index contributed by atoms with van der Waals surface area (Å²) in [5.41, 5.74) is 3.16. The zero-order valence-electron chi connectivity index (χ0n) is 16.9. The molecule has 0 bridgehead atoms. The monoisotopic (exact) mass is 371 g/mol. The molecular formula is C19H29N7O. The van der Waals surface area contributed by atoms with Gasteiger partial charge in [-0.05, 0) is 12.3 Å². The standard InChI is InChI=1S/C19H29N7O/c1-13(2)10-26-12-20-8-15(26)9-21-18-16-6-7-25(14(3)27)11-17(16)22-19(23-18)24(4)5/h8,12-13H,6-7,9-11H2,1-5H3,(H,21,22,23). The van der Waals surface area contributed by atoms with Crippen LogP contribution in [0.15, 0.2) is 12.5 Å². The highest BCUT2D eigenvalue weighted by Crippen LogP contribution is 2.26. The first-order valence-electron chi connectivity index (χ1n) is 9.40. The van der Waals surface area contributed by atoms with Crippen LogP contribution >= 0.6 is 0 Å². The molecule has 1 aliphatic rings. The number of imidazole rings is 1. The van der Waals surface area contributed by atoms with E-state index in [2.05, 4.69) is 33.7 Å². The summed E-state index contributed by atoms with van der Waals surface area (Å²) < 4.78 is 2.18. The Labute approximate surface area is 160 Å². The number of aromatic nitrogens is 4. The van der Waals surface area contributed by atoms with Crippen LogP contribution in [0.25, 0.3) is 0 Å². The molecule has 8 heteroatoms. The molecule has 146 valence electrons. The van der Waals surface area contributed by atoms with E-state index < -0.39 is 0 Å². The molecule has 3 rings (SSSR count). The molecular weight excluding hydrogens is 342 g/mol. The van der Waals surface area contributed by atoms with Gasteiger partial charge in [-0.1, -0.05) is 13.8 Å². The highest BCUT2D eigenvalue weighted by atomic mass is 16.2. The fourth-order valence-corrected chi connectivity index (χ4v) is 3.26. The molecule has 0 aromatic carbocycles. The maximum Gasteiger partial charge on any atom is 0.227 e. The minimum absolute atomic E-state index is 0.0813. The molecule has 0 spiro atoms. The van der Waals surface area contributed by atoms with Gasteiger partial charge in [0.15, 0.2) is 0 Å². The van der Waals surface area contributed by atoms with E-state index in [0.29, 0.717) is 31.5 Å². The van der Waals surface area contributed by atoms with E-state index in [4.69, 9.17) is 4.98 Å². The third kappa shape index (κ3) is 4.37. The molecule has 0 radical (unpaired) electrons. The number of amides is 1. The van der Waals surface area contributed by atoms with Crippen molar-refractivity contribution >= 4 is 17.7 Å². The maximum absolute atomic E-state index is 11.8. The van der Waals surface area contributed by atoms with Crippen LogP contribution in [0.4, 0.5) is 11.8 Å². The lowest BCUT2D eigenvalue weighted by Gasteiger charge is -2.29. The van der Waals surface area contributed by atoms with Gasteiger partial charge >= 0.3 is 0 Å². The summed E-state index contributed by atoms with van der Waals surface area (Å²) in [6.07, 6.45) is 4.53. The van der Waals surface area contributed by atoms with Crippen molar-refractivity contribution in [3.05, 3.63) is 29.5 Å². The molecule has 1 aliphatic heterocycles. The highest BCUT2D eigenvalue weighted by molar-refractivity contribution is 5.73. The molecule has 0 aliphatic carbocycles. The van der Waals surface area contributed by atoms with Gasteiger partial charge < -0.3 is 19.7 Å². The number of carbonyl (C=O) groups excluding carboxylic acids is 1. The fraction of sp³-hybridized carbons (Fsp3) is 0.579. The Morgan fingerprint density at radius 3 is 2.78 bits per heavy atom. The highest BCUT2D eigenvalue weighted by Gasteiger charge is 2.24. The summed E-state index contributed by atoms with van der Waals surface area (Å²) in [4.78, 5) is 29.2. The van der Waals surface area contributed by atoms with Crippen molar-refractivity contribution in [3.63, 3.8) is 0 Å². The smallest absolute Gasteiger partial charge is 0.227 e. The fourth-order valence-electron chi connectivity index (χ4n) is 3.26. The summed E-state index contributed by atoms with van der Waals surface area (Å²) >= 11 is 0. The normalized spacial score (nSPS) is 13.6. The van der Waals surface area contributed by atoms with Gasteiger partial charge in [-0.25, -0.2) is 9.97 Å². The summed E-state index contributed by atoms with van der Waals surface area (Å²) in [5.74, 6) is 2.14. The largest absolute Gasteiger partial charge is 0.364 e. The van der Waals surface area contributed by atoms with Crippen LogP contribution in [-0.2, 0) is 30.8 Å². The second-order valence-corrected chi connectivity index (χ2v) is 7.67. The van der Waals surface area contributed by atoms with Crippen molar-refractivity contribution in [1.82, 2.24) is 24.4 Å². The van der Waals surface area contributed by atoms with Crippen LogP contribution in [0, 0.1) is 5.92 Å². The SMILES string of the molecule is CC(=O)N1CCc2c(nc(N(C)C)nc2NCc2cncn2CC(C)C)C1. The van der Waals surface area contributed by atoms with Crippen molar-refractivity contribution in [2.45, 2.75) is 46.8 Å². The lowest BCUT2D eigenvalue weighted by molar-refractivity contribution is -0.129. The van der Waals surface area contributed by atoms with Crippen LogP contribution in [0.5, 0.6) is 0 Å². The van der Waals surface area contributed by atoms with Crippen molar-refractivity contribution in [3.8, 4) is 0 Å². The Bertz CT molecular complexity index is 812. The Balaban J connectivity index is 1.85. The van der Waals surface area contributed by atoms with Gasteiger partial charge in [0, 0.05) is 45.9 Å². The lowest BCUT2D eigenvalue weighted by atomic mass is 10.1. The number of carbonyl (C=O) groups is 1. The molecule has 0 saturated carbocycles. The number of fused-ring (bicyclic) bond motifs is 1. The minimum Gasteiger partial charge on any atom is -0.364 e. The summed E-state index contributed by atoms with van der Waals surface area (Å²) in [6.45, 7) is 8.83. The number of anilines is 2. The minimum atomic E-state index is 0.0813. The average molecular weight is 371 g/mol. The Morgan fingerprint density at radius 1 is 1.33 bits per heavy atom. The lowest BCUT2D eigenvalue weighted by Crippen LogP contribution is -2.35. The first-order valence-corrected chi connectivity index (χ1v) is 9.40. The predicted molar refractivity (Wildman–Crippen MR) is 106 cm³/mol. The van der Waals surface area contributed by atoms with Gasteiger partial charge in [0.2, 0.25) is 11.9 Å². The quantitative estimate of drug-likeness (QED) is 0.836. The van der Waals surface area contributed by atoms with E-state index in [1.54, 1.807) is 6.92 Å². The van der Waals surface area contributed by atoms with Gasteiger partial charge in [0.1, 0.15) is 5.82 Å². The molecule has 1 amide bonds. The van der Waals surface area contributed by atoms with Gasteiger partial charge in [-0.15, -0.1) is 0 Å². The molecule has 0 unspecified atom stereocenters. The number of nitrogens with zero attached hydrogens (tertiary/aromatic N) is 6. The molecule has 0 fully saturated rings. The molecule has 2 aromatic rings. The molecule has 3 heterocycles. The maximum atomic E-state index is 11.8. The predicted octanol–water partition coefficient (Wildman–Crippen LogP) is 1.91. The zero-order valence-corrected chi connectivity index (χ0v) is 16.9. The van der Waals surface area contributed by atoms with Gasteiger partial charge in [-0.3, -0.25) is 4.79 Å². The summed E-state index contributed by atoms with van der Waals surface area (Å²) in [6, 6.07) is 0. The molecule has 1 N–H and O–H groups in total. The Morgan fingerprint density at radius 2 is 2.11 bits per heavy atom. The molecule has 8 nitrogen and oxygen atoms in total. The number of rotatable bonds is 6. The molecule has 0 saturated heterocycles. The Hall–Kier alpha value is -2.64. The molecule has 27 heavy (non-hydrogen) atoms. The van der Waals surface area contributed by atoms with E-state index in [1.807, 2.05) is 36.4 Å². The number of nitrogens with one attached hydrogen (secondary N) is 1. The zero-order chi connectivity index (χ0) is 19.6. The molecule has 2 aromatic heterocycles.